The van der Waals surface area contributed by atoms with Crippen LogP contribution < -0.4 is 5.32 Å². The first-order valence-corrected chi connectivity index (χ1v) is 9.25. The summed E-state index contributed by atoms with van der Waals surface area (Å²) in [4.78, 5) is 8.82. The highest BCUT2D eigenvalue weighted by atomic mass is 19.4. The Morgan fingerprint density at radius 1 is 0.966 bits per heavy atom. The number of hydrogen-bond donors (Lipinski definition) is 2. The largest absolute Gasteiger partial charge is 0.417 e. The van der Waals surface area contributed by atoms with E-state index in [2.05, 4.69) is 25.5 Å². The molecule has 8 heteroatoms. The van der Waals surface area contributed by atoms with Crippen LogP contribution in [0, 0.1) is 0 Å². The van der Waals surface area contributed by atoms with Crippen molar-refractivity contribution in [2.45, 2.75) is 24.9 Å². The molecule has 29 heavy (non-hydrogen) atoms. The van der Waals surface area contributed by atoms with Gasteiger partial charge in [0.15, 0.2) is 11.6 Å². The molecule has 0 saturated heterocycles. The number of hydrogen-bond acceptors (Lipinski definition) is 4. The molecule has 2 heterocycles. The van der Waals surface area contributed by atoms with Crippen molar-refractivity contribution in [1.29, 1.82) is 0 Å². The van der Waals surface area contributed by atoms with Gasteiger partial charge >= 0.3 is 6.18 Å². The third kappa shape index (κ3) is 3.41. The third-order valence-corrected chi connectivity index (χ3v) is 4.94. The summed E-state index contributed by atoms with van der Waals surface area (Å²) in [5.74, 6) is 1.51. The maximum atomic E-state index is 13.5. The summed E-state index contributed by atoms with van der Waals surface area (Å²) in [5.41, 5.74) is 0.773. The summed E-state index contributed by atoms with van der Waals surface area (Å²) in [6, 6.07) is 14.4. The minimum Gasteiger partial charge on any atom is -0.323 e. The number of halogens is 3. The lowest BCUT2D eigenvalue weighted by Gasteiger charge is -2.14. The number of anilines is 2. The molecule has 0 radical (unpaired) electrons. The molecule has 2 aromatic heterocycles. The van der Waals surface area contributed by atoms with Gasteiger partial charge in [0.25, 0.3) is 0 Å². The molecule has 1 saturated carbocycles. The van der Waals surface area contributed by atoms with Crippen LogP contribution in [0.5, 0.6) is 0 Å². The van der Waals surface area contributed by atoms with Gasteiger partial charge in [0.05, 0.1) is 11.1 Å². The number of aromatic nitrogens is 4. The van der Waals surface area contributed by atoms with E-state index in [1.165, 1.54) is 12.1 Å². The Labute approximate surface area is 164 Å². The van der Waals surface area contributed by atoms with Crippen molar-refractivity contribution < 1.29 is 13.2 Å². The molecule has 1 aliphatic rings. The van der Waals surface area contributed by atoms with E-state index in [4.69, 9.17) is 0 Å². The maximum absolute atomic E-state index is 13.5. The average molecular weight is 395 g/mol. The lowest BCUT2D eigenvalue weighted by atomic mass is 10.1. The summed E-state index contributed by atoms with van der Waals surface area (Å²) < 4.78 is 40.5. The molecule has 0 unspecified atom stereocenters. The Morgan fingerprint density at radius 3 is 2.52 bits per heavy atom. The second kappa shape index (κ2) is 6.58. The zero-order valence-electron chi connectivity index (χ0n) is 15.2. The first-order valence-electron chi connectivity index (χ1n) is 9.25. The first kappa shape index (κ1) is 17.7. The lowest BCUT2D eigenvalue weighted by molar-refractivity contribution is -0.137. The van der Waals surface area contributed by atoms with Gasteiger partial charge in [-0.1, -0.05) is 30.3 Å². The molecule has 4 aromatic rings. The Kier molecular flexibility index (Phi) is 4.01. The zero-order valence-corrected chi connectivity index (χ0v) is 15.2. The van der Waals surface area contributed by atoms with E-state index in [1.54, 1.807) is 18.2 Å². The van der Waals surface area contributed by atoms with Crippen LogP contribution in [0.4, 0.5) is 24.8 Å². The standard InChI is InChI=1S/C21H16F3N5/c22-21(23,24)15-7-3-1-5-13(15)19-25-16-8-4-2-6-14(16)20(27-19)26-18-11-17(28-29-18)12-9-10-12/h1-8,11-12H,9-10H2,(H2,25,26,27,28,29). The van der Waals surface area contributed by atoms with Crippen LogP contribution in [0.15, 0.2) is 54.6 Å². The minimum absolute atomic E-state index is 0.0112. The molecule has 0 atom stereocenters. The summed E-state index contributed by atoms with van der Waals surface area (Å²) in [6.45, 7) is 0. The van der Waals surface area contributed by atoms with Gasteiger partial charge in [0, 0.05) is 28.6 Å². The van der Waals surface area contributed by atoms with Gasteiger partial charge in [0.1, 0.15) is 5.82 Å². The second-order valence-electron chi connectivity index (χ2n) is 7.06. The molecule has 2 N–H and O–H groups in total. The number of alkyl halides is 3. The predicted molar refractivity (Wildman–Crippen MR) is 104 cm³/mol. The highest BCUT2D eigenvalue weighted by Gasteiger charge is 2.34. The fourth-order valence-corrected chi connectivity index (χ4v) is 3.34. The average Bonchev–Trinajstić information content (AvgIpc) is 3.46. The number of fused-ring (bicyclic) bond motifs is 1. The van der Waals surface area contributed by atoms with E-state index in [0.717, 1.165) is 24.6 Å². The Bertz CT molecular complexity index is 1190. The van der Waals surface area contributed by atoms with Crippen molar-refractivity contribution >= 4 is 22.5 Å². The fraction of sp³-hybridized carbons (Fsp3) is 0.190. The zero-order chi connectivity index (χ0) is 20.0. The number of rotatable bonds is 4. The predicted octanol–water partition coefficient (Wildman–Crippen LogP) is 5.66. The Balaban J connectivity index is 1.63. The van der Waals surface area contributed by atoms with E-state index >= 15 is 0 Å². The van der Waals surface area contributed by atoms with Gasteiger partial charge < -0.3 is 5.32 Å². The summed E-state index contributed by atoms with van der Waals surface area (Å²) in [5, 5.41) is 11.1. The lowest BCUT2D eigenvalue weighted by Crippen LogP contribution is -2.08. The second-order valence-corrected chi connectivity index (χ2v) is 7.06. The molecule has 0 spiro atoms. The van der Waals surface area contributed by atoms with Crippen LogP contribution in [0.1, 0.15) is 30.0 Å². The molecule has 0 amide bonds. The number of aromatic amines is 1. The Hall–Kier alpha value is -3.42. The summed E-state index contributed by atoms with van der Waals surface area (Å²) >= 11 is 0. The molecule has 1 fully saturated rings. The van der Waals surface area contributed by atoms with Crippen molar-refractivity contribution in [2.75, 3.05) is 5.32 Å². The minimum atomic E-state index is -4.50. The molecule has 0 aliphatic heterocycles. The van der Waals surface area contributed by atoms with Crippen molar-refractivity contribution in [3.63, 3.8) is 0 Å². The molecule has 5 rings (SSSR count). The van der Waals surface area contributed by atoms with E-state index in [9.17, 15) is 13.2 Å². The number of nitrogens with zero attached hydrogens (tertiary/aromatic N) is 3. The number of nitrogens with one attached hydrogen (secondary N) is 2. The van der Waals surface area contributed by atoms with E-state index < -0.39 is 11.7 Å². The van der Waals surface area contributed by atoms with Gasteiger partial charge in [-0.25, -0.2) is 9.97 Å². The molecular weight excluding hydrogens is 379 g/mol. The number of benzene rings is 2. The molecule has 2 aromatic carbocycles. The van der Waals surface area contributed by atoms with Crippen molar-refractivity contribution in [2.24, 2.45) is 0 Å². The topological polar surface area (TPSA) is 66.5 Å². The highest BCUT2D eigenvalue weighted by Crippen LogP contribution is 2.40. The van der Waals surface area contributed by atoms with Crippen LogP contribution >= 0.6 is 0 Å². The summed E-state index contributed by atoms with van der Waals surface area (Å²) in [6.07, 6.45) is -2.23. The molecule has 0 bridgehead atoms. The van der Waals surface area contributed by atoms with Crippen LogP contribution in [0.25, 0.3) is 22.3 Å². The normalized spacial score (nSPS) is 14.3. The SMILES string of the molecule is FC(F)(F)c1ccccc1-c1nc(Nc2cc(C3CC3)[nH]n2)c2ccccc2n1. The molecule has 146 valence electrons. The number of H-pyrrole nitrogens is 1. The van der Waals surface area contributed by atoms with Crippen LogP contribution in [0.2, 0.25) is 0 Å². The monoisotopic (exact) mass is 395 g/mol. The molecule has 1 aliphatic carbocycles. The van der Waals surface area contributed by atoms with Crippen LogP contribution in [-0.2, 0) is 6.18 Å². The highest BCUT2D eigenvalue weighted by molar-refractivity contribution is 5.92. The number of para-hydroxylation sites is 1. The fourth-order valence-electron chi connectivity index (χ4n) is 3.34. The summed E-state index contributed by atoms with van der Waals surface area (Å²) in [7, 11) is 0. The van der Waals surface area contributed by atoms with Gasteiger partial charge in [-0.15, -0.1) is 0 Å². The molecule has 5 nitrogen and oxygen atoms in total. The van der Waals surface area contributed by atoms with Gasteiger partial charge in [-0.3, -0.25) is 5.10 Å². The quantitative estimate of drug-likeness (QED) is 0.468. The van der Waals surface area contributed by atoms with Crippen LogP contribution in [0.3, 0.4) is 0 Å². The smallest absolute Gasteiger partial charge is 0.323 e. The Morgan fingerprint density at radius 2 is 1.72 bits per heavy atom. The maximum Gasteiger partial charge on any atom is 0.417 e. The third-order valence-electron chi connectivity index (χ3n) is 4.94. The van der Waals surface area contributed by atoms with Crippen molar-refractivity contribution in [1.82, 2.24) is 20.2 Å². The van der Waals surface area contributed by atoms with Gasteiger partial charge in [0.2, 0.25) is 0 Å². The van der Waals surface area contributed by atoms with Gasteiger partial charge in [-0.05, 0) is 31.0 Å². The molecular formula is C21H16F3N5. The van der Waals surface area contributed by atoms with Crippen molar-refractivity contribution in [3.05, 3.63) is 65.9 Å². The first-order chi connectivity index (χ1) is 14.0. The van der Waals surface area contributed by atoms with Crippen molar-refractivity contribution in [3.8, 4) is 11.4 Å². The van der Waals surface area contributed by atoms with Crippen LogP contribution in [-0.4, -0.2) is 20.2 Å². The van der Waals surface area contributed by atoms with E-state index in [-0.39, 0.29) is 11.4 Å². The van der Waals surface area contributed by atoms with Gasteiger partial charge in [-0.2, -0.15) is 18.3 Å². The van der Waals surface area contributed by atoms with E-state index in [1.807, 2.05) is 18.2 Å². The van der Waals surface area contributed by atoms with E-state index in [0.29, 0.717) is 28.5 Å².